The number of morpholine rings is 1. The van der Waals surface area contributed by atoms with E-state index in [1.807, 2.05) is 0 Å². The minimum absolute atomic E-state index is 0.0341. The maximum Gasteiger partial charge on any atom is 0.328 e. The third kappa shape index (κ3) is 3.15. The summed E-state index contributed by atoms with van der Waals surface area (Å²) in [7, 11) is 0. The largest absolute Gasteiger partial charge is 0.480 e. The highest BCUT2D eigenvalue weighted by Gasteiger charge is 2.33. The van der Waals surface area contributed by atoms with Crippen LogP contribution in [0.1, 0.15) is 10.4 Å². The van der Waals surface area contributed by atoms with E-state index in [1.54, 1.807) is 0 Å². The Labute approximate surface area is 118 Å². The summed E-state index contributed by atoms with van der Waals surface area (Å²) >= 11 is 11.4. The Morgan fingerprint density at radius 1 is 1.37 bits per heavy atom. The van der Waals surface area contributed by atoms with Crippen molar-refractivity contribution in [1.82, 2.24) is 9.88 Å². The number of aromatic nitrogens is 1. The molecule has 1 saturated heterocycles. The molecule has 8 heteroatoms. The monoisotopic (exact) mass is 304 g/mol. The lowest BCUT2D eigenvalue weighted by molar-refractivity contribution is -0.147. The van der Waals surface area contributed by atoms with Crippen molar-refractivity contribution in [3.63, 3.8) is 0 Å². The van der Waals surface area contributed by atoms with Crippen LogP contribution in [0, 0.1) is 0 Å². The van der Waals surface area contributed by atoms with Gasteiger partial charge in [0.05, 0.1) is 13.2 Å². The molecule has 1 fully saturated rings. The number of pyridine rings is 1. The van der Waals surface area contributed by atoms with Crippen LogP contribution in [-0.4, -0.2) is 52.7 Å². The fourth-order valence-electron chi connectivity index (χ4n) is 1.81. The van der Waals surface area contributed by atoms with Crippen LogP contribution in [0.4, 0.5) is 0 Å². The smallest absolute Gasteiger partial charge is 0.328 e. The first-order valence-electron chi connectivity index (χ1n) is 5.43. The van der Waals surface area contributed by atoms with Gasteiger partial charge in [-0.05, 0) is 12.1 Å². The molecule has 0 saturated carbocycles. The number of ether oxygens (including phenoxy) is 1. The first kappa shape index (κ1) is 14.0. The predicted molar refractivity (Wildman–Crippen MR) is 67.5 cm³/mol. The number of rotatable bonds is 2. The Balaban J connectivity index is 2.28. The van der Waals surface area contributed by atoms with E-state index in [0.29, 0.717) is 6.61 Å². The highest BCUT2D eigenvalue weighted by molar-refractivity contribution is 6.33. The molecule has 0 aromatic carbocycles. The molecule has 2 rings (SSSR count). The van der Waals surface area contributed by atoms with Gasteiger partial charge < -0.3 is 14.7 Å². The molecule has 1 aromatic rings. The summed E-state index contributed by atoms with van der Waals surface area (Å²) in [4.78, 5) is 28.3. The molecule has 0 radical (unpaired) electrons. The van der Waals surface area contributed by atoms with Gasteiger partial charge in [0, 0.05) is 12.1 Å². The number of carbonyl (C=O) groups excluding carboxylic acids is 1. The van der Waals surface area contributed by atoms with Crippen molar-refractivity contribution in [2.45, 2.75) is 6.04 Å². The molecule has 6 nitrogen and oxygen atoms in total. The normalized spacial score (nSPS) is 19.3. The van der Waals surface area contributed by atoms with Gasteiger partial charge in [-0.2, -0.15) is 0 Å². The quantitative estimate of drug-likeness (QED) is 0.833. The number of carboxylic acids is 1. The second-order valence-electron chi connectivity index (χ2n) is 3.93. The van der Waals surface area contributed by atoms with Gasteiger partial charge in [0.1, 0.15) is 10.3 Å². The minimum atomic E-state index is -1.11. The Morgan fingerprint density at radius 2 is 2.00 bits per heavy atom. The highest BCUT2D eigenvalue weighted by atomic mass is 35.5. The number of hydrogen-bond acceptors (Lipinski definition) is 4. The van der Waals surface area contributed by atoms with Crippen molar-refractivity contribution >= 4 is 35.1 Å². The average Bonchev–Trinajstić information content (AvgIpc) is 2.36. The van der Waals surface area contributed by atoms with Gasteiger partial charge in [-0.25, -0.2) is 9.78 Å². The Morgan fingerprint density at radius 3 is 2.58 bits per heavy atom. The molecule has 0 bridgehead atoms. The molecule has 1 atom stereocenters. The summed E-state index contributed by atoms with van der Waals surface area (Å²) in [6.45, 7) is 0.461. The van der Waals surface area contributed by atoms with Crippen LogP contribution < -0.4 is 0 Å². The van der Waals surface area contributed by atoms with Crippen LogP contribution >= 0.6 is 23.2 Å². The van der Waals surface area contributed by atoms with Gasteiger partial charge in [-0.15, -0.1) is 0 Å². The molecule has 1 aliphatic heterocycles. The van der Waals surface area contributed by atoms with E-state index >= 15 is 0 Å². The molecular weight excluding hydrogens is 295 g/mol. The van der Waals surface area contributed by atoms with E-state index in [1.165, 1.54) is 17.0 Å². The first-order valence-corrected chi connectivity index (χ1v) is 6.19. The summed E-state index contributed by atoms with van der Waals surface area (Å²) < 4.78 is 5.07. The number of halogens is 2. The van der Waals surface area contributed by atoms with E-state index in [0.717, 1.165) is 0 Å². The molecule has 102 valence electrons. The Hall–Kier alpha value is -1.37. The third-order valence-electron chi connectivity index (χ3n) is 2.68. The molecule has 0 spiro atoms. The molecule has 2 heterocycles. The third-order valence-corrected chi connectivity index (χ3v) is 3.07. The number of hydrogen-bond donors (Lipinski definition) is 1. The van der Waals surface area contributed by atoms with E-state index in [2.05, 4.69) is 4.98 Å². The first-order chi connectivity index (χ1) is 8.99. The lowest BCUT2D eigenvalue weighted by Crippen LogP contribution is -2.52. The topological polar surface area (TPSA) is 79.7 Å². The van der Waals surface area contributed by atoms with Gasteiger partial charge in [-0.1, -0.05) is 23.2 Å². The lowest BCUT2D eigenvalue weighted by Gasteiger charge is -2.32. The van der Waals surface area contributed by atoms with Crippen molar-refractivity contribution in [2.24, 2.45) is 0 Å². The maximum atomic E-state index is 12.3. The maximum absolute atomic E-state index is 12.3. The molecule has 19 heavy (non-hydrogen) atoms. The van der Waals surface area contributed by atoms with Crippen LogP contribution in [0.2, 0.25) is 10.3 Å². The molecule has 1 N–H and O–H groups in total. The predicted octanol–water partition coefficient (Wildman–Crippen LogP) is 1.31. The van der Waals surface area contributed by atoms with Crippen molar-refractivity contribution in [1.29, 1.82) is 0 Å². The zero-order valence-corrected chi connectivity index (χ0v) is 11.2. The second kappa shape index (κ2) is 5.73. The van der Waals surface area contributed by atoms with E-state index in [-0.39, 0.29) is 29.0 Å². The summed E-state index contributed by atoms with van der Waals surface area (Å²) in [6.07, 6.45) is 0. The summed E-state index contributed by atoms with van der Waals surface area (Å²) in [5.41, 5.74) is 0.207. The zero-order chi connectivity index (χ0) is 14.0. The number of carboxylic acid groups (broad SMARTS) is 1. The second-order valence-corrected chi connectivity index (χ2v) is 4.70. The van der Waals surface area contributed by atoms with E-state index in [9.17, 15) is 9.59 Å². The number of amides is 1. The molecule has 1 amide bonds. The van der Waals surface area contributed by atoms with Gasteiger partial charge in [0.25, 0.3) is 5.91 Å². The molecule has 1 aromatic heterocycles. The van der Waals surface area contributed by atoms with Crippen LogP contribution in [0.3, 0.4) is 0 Å². The van der Waals surface area contributed by atoms with Crippen molar-refractivity contribution in [2.75, 3.05) is 19.8 Å². The van der Waals surface area contributed by atoms with E-state index in [4.69, 9.17) is 33.0 Å². The van der Waals surface area contributed by atoms with Crippen LogP contribution in [-0.2, 0) is 9.53 Å². The fraction of sp³-hybridized carbons (Fsp3) is 0.364. The number of aliphatic carboxylic acids is 1. The van der Waals surface area contributed by atoms with Gasteiger partial charge in [0.15, 0.2) is 6.04 Å². The summed E-state index contributed by atoms with van der Waals surface area (Å²) in [5, 5.41) is 9.23. The SMILES string of the molecule is O=C(O)C1COCCN1C(=O)c1cc(Cl)nc(Cl)c1. The fourth-order valence-corrected chi connectivity index (χ4v) is 2.27. The molecular formula is C11H10Cl2N2O4. The van der Waals surface area contributed by atoms with Crippen LogP contribution in [0.25, 0.3) is 0 Å². The van der Waals surface area contributed by atoms with Crippen LogP contribution in [0.5, 0.6) is 0 Å². The minimum Gasteiger partial charge on any atom is -0.480 e. The number of carbonyl (C=O) groups is 2. The van der Waals surface area contributed by atoms with E-state index < -0.39 is 17.9 Å². The lowest BCUT2D eigenvalue weighted by atomic mass is 10.1. The Kier molecular flexibility index (Phi) is 4.24. The zero-order valence-electron chi connectivity index (χ0n) is 9.68. The van der Waals surface area contributed by atoms with Crippen molar-refractivity contribution in [3.8, 4) is 0 Å². The highest BCUT2D eigenvalue weighted by Crippen LogP contribution is 2.18. The van der Waals surface area contributed by atoms with Gasteiger partial charge in [0.2, 0.25) is 0 Å². The molecule has 1 unspecified atom stereocenters. The standard InChI is InChI=1S/C11H10Cl2N2O4/c12-8-3-6(4-9(13)14-8)10(16)15-1-2-19-5-7(15)11(17)18/h3-4,7H,1-2,5H2,(H,17,18). The number of nitrogens with zero attached hydrogens (tertiary/aromatic N) is 2. The van der Waals surface area contributed by atoms with Gasteiger partial charge >= 0.3 is 5.97 Å². The average molecular weight is 305 g/mol. The summed E-state index contributed by atoms with van der Waals surface area (Å²) in [6, 6.07) is 1.70. The van der Waals surface area contributed by atoms with Crippen molar-refractivity contribution < 1.29 is 19.4 Å². The van der Waals surface area contributed by atoms with Crippen LogP contribution in [0.15, 0.2) is 12.1 Å². The Bertz CT molecular complexity index is 503. The van der Waals surface area contributed by atoms with Crippen molar-refractivity contribution in [3.05, 3.63) is 28.0 Å². The van der Waals surface area contributed by atoms with Gasteiger partial charge in [-0.3, -0.25) is 4.79 Å². The molecule has 0 aliphatic carbocycles. The summed E-state index contributed by atoms with van der Waals surface area (Å²) in [5.74, 6) is -1.57. The molecule has 1 aliphatic rings.